The van der Waals surface area contributed by atoms with Gasteiger partial charge in [0.2, 0.25) is 0 Å². The van der Waals surface area contributed by atoms with E-state index in [2.05, 4.69) is 57.7 Å². The summed E-state index contributed by atoms with van der Waals surface area (Å²) in [6, 6.07) is 12.6. The largest absolute Gasteiger partial charge is 0.376 e. The van der Waals surface area contributed by atoms with Gasteiger partial charge in [0.25, 0.3) is 0 Å². The molecule has 1 nitrogen and oxygen atoms in total. The van der Waals surface area contributed by atoms with Gasteiger partial charge in [-0.25, -0.2) is 0 Å². The van der Waals surface area contributed by atoms with Crippen molar-refractivity contribution in [3.8, 4) is 0 Å². The van der Waals surface area contributed by atoms with E-state index in [1.807, 2.05) is 12.1 Å². The van der Waals surface area contributed by atoms with Gasteiger partial charge in [0.05, 0.1) is 16.8 Å². The molecule has 0 bridgehead atoms. The number of halogens is 3. The van der Waals surface area contributed by atoms with Gasteiger partial charge in [-0.3, -0.25) is 0 Å². The molecule has 4 heteroatoms. The van der Waals surface area contributed by atoms with E-state index in [0.717, 1.165) is 16.6 Å². The molecule has 0 aromatic heterocycles. The molecule has 1 aliphatic carbocycles. The molecule has 0 saturated carbocycles. The summed E-state index contributed by atoms with van der Waals surface area (Å²) < 4.78 is 1.10. The summed E-state index contributed by atoms with van der Waals surface area (Å²) in [6.07, 6.45) is 5.64. The summed E-state index contributed by atoms with van der Waals surface area (Å²) in [6.45, 7) is 0. The van der Waals surface area contributed by atoms with Gasteiger partial charge in [0.1, 0.15) is 0 Å². The van der Waals surface area contributed by atoms with Crippen LogP contribution in [0.5, 0.6) is 0 Å². The number of rotatable bonds is 1. The molecule has 1 aliphatic heterocycles. The molecule has 112 valence electrons. The number of fused-ring (bicyclic) bond motifs is 3. The Kier molecular flexibility index (Phi) is 3.72. The Hall–Kier alpha value is -0.960. The fourth-order valence-corrected chi connectivity index (χ4v) is 4.45. The minimum absolute atomic E-state index is 0.263. The fourth-order valence-electron chi connectivity index (χ4n) is 3.62. The maximum absolute atomic E-state index is 6.44. The standard InChI is InChI=1S/C18H14BrCl2N/c19-11-6-4-10(5-7-11)17-14-3-1-2-13(14)15-8-12(20)9-16(21)18(15)22-17/h1-2,4-9,13-14,17,22H,3H2/t13-,14+,17-/m1/s1. The molecule has 2 aliphatic rings. The summed E-state index contributed by atoms with van der Waals surface area (Å²) in [4.78, 5) is 0. The molecular weight excluding hydrogens is 381 g/mol. The molecule has 22 heavy (non-hydrogen) atoms. The number of benzene rings is 2. The van der Waals surface area contributed by atoms with Crippen molar-refractivity contribution in [3.63, 3.8) is 0 Å². The predicted octanol–water partition coefficient (Wildman–Crippen LogP) is 6.58. The first-order valence-corrected chi connectivity index (χ1v) is 8.86. The quantitative estimate of drug-likeness (QED) is 0.538. The van der Waals surface area contributed by atoms with Gasteiger partial charge in [-0.2, -0.15) is 0 Å². The summed E-state index contributed by atoms with van der Waals surface area (Å²) >= 11 is 16.1. The SMILES string of the molecule is Clc1cc(Cl)c2c(c1)[C@@H]1C=CC[C@@H]1[C@@H](c1ccc(Br)cc1)N2. The Morgan fingerprint density at radius 2 is 1.86 bits per heavy atom. The number of nitrogens with one attached hydrogen (secondary N) is 1. The first-order valence-electron chi connectivity index (χ1n) is 7.31. The lowest BCUT2D eigenvalue weighted by molar-refractivity contribution is 0.425. The van der Waals surface area contributed by atoms with E-state index < -0.39 is 0 Å². The van der Waals surface area contributed by atoms with Crippen molar-refractivity contribution in [1.29, 1.82) is 0 Å². The zero-order valence-electron chi connectivity index (χ0n) is 11.7. The van der Waals surface area contributed by atoms with Crippen LogP contribution in [0.15, 0.2) is 53.0 Å². The van der Waals surface area contributed by atoms with Crippen molar-refractivity contribution in [2.75, 3.05) is 5.32 Å². The third-order valence-corrected chi connectivity index (χ3v) is 5.66. The predicted molar refractivity (Wildman–Crippen MR) is 97.0 cm³/mol. The molecule has 3 atom stereocenters. The lowest BCUT2D eigenvalue weighted by atomic mass is 9.77. The molecule has 0 spiro atoms. The minimum Gasteiger partial charge on any atom is -0.376 e. The molecule has 1 heterocycles. The van der Waals surface area contributed by atoms with Crippen LogP contribution >= 0.6 is 39.1 Å². The first kappa shape index (κ1) is 14.6. The van der Waals surface area contributed by atoms with Crippen LogP contribution in [0.4, 0.5) is 5.69 Å². The average molecular weight is 395 g/mol. The third kappa shape index (κ3) is 2.38. The topological polar surface area (TPSA) is 12.0 Å². The second-order valence-corrected chi connectivity index (χ2v) is 7.64. The summed E-state index contributed by atoms with van der Waals surface area (Å²) in [5.74, 6) is 0.879. The van der Waals surface area contributed by atoms with Gasteiger partial charge in [-0.1, -0.05) is 63.4 Å². The van der Waals surface area contributed by atoms with Gasteiger partial charge in [-0.15, -0.1) is 0 Å². The van der Waals surface area contributed by atoms with Gasteiger partial charge < -0.3 is 5.32 Å². The van der Waals surface area contributed by atoms with Crippen LogP contribution < -0.4 is 5.32 Å². The van der Waals surface area contributed by atoms with Crippen molar-refractivity contribution in [3.05, 3.63) is 74.2 Å². The molecular formula is C18H14BrCl2N. The molecule has 0 saturated heterocycles. The van der Waals surface area contributed by atoms with Crippen LogP contribution in [0.3, 0.4) is 0 Å². The lowest BCUT2D eigenvalue weighted by Gasteiger charge is -2.38. The third-order valence-electron chi connectivity index (χ3n) is 4.61. The Morgan fingerprint density at radius 1 is 1.09 bits per heavy atom. The van der Waals surface area contributed by atoms with E-state index in [4.69, 9.17) is 23.2 Å². The van der Waals surface area contributed by atoms with Crippen LogP contribution in [0.25, 0.3) is 0 Å². The lowest BCUT2D eigenvalue weighted by Crippen LogP contribution is -2.29. The highest BCUT2D eigenvalue weighted by atomic mass is 79.9. The van der Waals surface area contributed by atoms with E-state index in [0.29, 0.717) is 21.9 Å². The molecule has 1 N–H and O–H groups in total. The van der Waals surface area contributed by atoms with Crippen LogP contribution in [0, 0.1) is 5.92 Å². The van der Waals surface area contributed by atoms with Crippen LogP contribution in [0.2, 0.25) is 10.0 Å². The van der Waals surface area contributed by atoms with E-state index >= 15 is 0 Å². The van der Waals surface area contributed by atoms with Crippen LogP contribution in [0.1, 0.15) is 29.5 Å². The van der Waals surface area contributed by atoms with Crippen molar-refractivity contribution < 1.29 is 0 Å². The number of hydrogen-bond donors (Lipinski definition) is 1. The van der Waals surface area contributed by atoms with E-state index in [-0.39, 0.29) is 6.04 Å². The maximum Gasteiger partial charge on any atom is 0.0655 e. The zero-order valence-corrected chi connectivity index (χ0v) is 14.8. The van der Waals surface area contributed by atoms with Crippen molar-refractivity contribution in [1.82, 2.24) is 0 Å². The van der Waals surface area contributed by atoms with Crippen LogP contribution in [-0.2, 0) is 0 Å². The smallest absolute Gasteiger partial charge is 0.0655 e. The molecule has 0 unspecified atom stereocenters. The fraction of sp³-hybridized carbons (Fsp3) is 0.222. The molecule has 4 rings (SSSR count). The van der Waals surface area contributed by atoms with Gasteiger partial charge >= 0.3 is 0 Å². The number of anilines is 1. The van der Waals surface area contributed by atoms with Crippen molar-refractivity contribution in [2.24, 2.45) is 5.92 Å². The van der Waals surface area contributed by atoms with Gasteiger partial charge in [0, 0.05) is 15.4 Å². The molecule has 0 radical (unpaired) electrons. The first-order chi connectivity index (χ1) is 10.6. The van der Waals surface area contributed by atoms with Gasteiger partial charge in [-0.05, 0) is 47.7 Å². The second kappa shape index (κ2) is 5.59. The van der Waals surface area contributed by atoms with E-state index in [1.54, 1.807) is 0 Å². The highest BCUT2D eigenvalue weighted by Crippen LogP contribution is 2.52. The van der Waals surface area contributed by atoms with Crippen molar-refractivity contribution in [2.45, 2.75) is 18.4 Å². The minimum atomic E-state index is 0.263. The molecule has 0 fully saturated rings. The van der Waals surface area contributed by atoms with Gasteiger partial charge in [0.15, 0.2) is 0 Å². The Bertz CT molecular complexity index is 754. The van der Waals surface area contributed by atoms with E-state index in [1.165, 1.54) is 11.1 Å². The summed E-state index contributed by atoms with van der Waals surface area (Å²) in [5.41, 5.74) is 3.52. The normalized spacial score (nSPS) is 25.5. The molecule has 0 amide bonds. The Morgan fingerprint density at radius 3 is 2.64 bits per heavy atom. The number of allylic oxidation sites excluding steroid dienone is 2. The van der Waals surface area contributed by atoms with Crippen LogP contribution in [-0.4, -0.2) is 0 Å². The summed E-state index contributed by atoms with van der Waals surface area (Å²) in [7, 11) is 0. The van der Waals surface area contributed by atoms with E-state index in [9.17, 15) is 0 Å². The maximum atomic E-state index is 6.44. The number of hydrogen-bond acceptors (Lipinski definition) is 1. The zero-order chi connectivity index (χ0) is 15.3. The summed E-state index contributed by atoms with van der Waals surface area (Å²) in [5, 5.41) is 5.05. The second-order valence-electron chi connectivity index (χ2n) is 5.88. The van der Waals surface area contributed by atoms with Crippen molar-refractivity contribution >= 4 is 44.8 Å². The monoisotopic (exact) mass is 393 g/mol. The highest BCUT2D eigenvalue weighted by molar-refractivity contribution is 9.10. The molecule has 2 aromatic rings. The Balaban J connectivity index is 1.82. The Labute approximate surface area is 148 Å². The average Bonchev–Trinajstić information content (AvgIpc) is 2.97. The highest BCUT2D eigenvalue weighted by Gasteiger charge is 2.38. The molecule has 2 aromatic carbocycles.